The summed E-state index contributed by atoms with van der Waals surface area (Å²) in [4.78, 5) is 12.3. The SMILES string of the molecule is CC[C@H](Oc1ccc(C)cc1OC)C(=O)Nc1cc(C)on1. The highest BCUT2D eigenvalue weighted by molar-refractivity contribution is 5.93. The van der Waals surface area contributed by atoms with Gasteiger partial charge < -0.3 is 19.3 Å². The topological polar surface area (TPSA) is 73.6 Å². The highest BCUT2D eigenvalue weighted by Gasteiger charge is 2.21. The second kappa shape index (κ2) is 6.98. The van der Waals surface area contributed by atoms with Crippen LogP contribution in [0.2, 0.25) is 0 Å². The van der Waals surface area contributed by atoms with Crippen LogP contribution >= 0.6 is 0 Å². The summed E-state index contributed by atoms with van der Waals surface area (Å²) in [6, 6.07) is 7.21. The lowest BCUT2D eigenvalue weighted by atomic mass is 10.2. The molecule has 0 saturated carbocycles. The fraction of sp³-hybridized carbons (Fsp3) is 0.375. The first-order valence-electron chi connectivity index (χ1n) is 7.09. The van der Waals surface area contributed by atoms with E-state index in [9.17, 15) is 4.79 Å². The number of aromatic nitrogens is 1. The number of aryl methyl sites for hydroxylation is 2. The number of carbonyl (C=O) groups is 1. The fourth-order valence-electron chi connectivity index (χ4n) is 1.98. The van der Waals surface area contributed by atoms with E-state index in [-0.39, 0.29) is 5.91 Å². The number of ether oxygens (including phenoxy) is 2. The fourth-order valence-corrected chi connectivity index (χ4v) is 1.98. The molecule has 0 fully saturated rings. The highest BCUT2D eigenvalue weighted by atomic mass is 16.5. The highest BCUT2D eigenvalue weighted by Crippen LogP contribution is 2.29. The van der Waals surface area contributed by atoms with Gasteiger partial charge in [0.05, 0.1) is 7.11 Å². The number of nitrogens with zero attached hydrogens (tertiary/aromatic N) is 1. The second-order valence-corrected chi connectivity index (χ2v) is 4.98. The minimum Gasteiger partial charge on any atom is -0.493 e. The van der Waals surface area contributed by atoms with Crippen molar-refractivity contribution in [1.82, 2.24) is 5.16 Å². The second-order valence-electron chi connectivity index (χ2n) is 4.98. The Kier molecular flexibility index (Phi) is 5.04. The third-order valence-corrected chi connectivity index (χ3v) is 3.13. The van der Waals surface area contributed by atoms with Gasteiger partial charge in [-0.15, -0.1) is 0 Å². The van der Waals surface area contributed by atoms with Crippen LogP contribution < -0.4 is 14.8 Å². The lowest BCUT2D eigenvalue weighted by Crippen LogP contribution is -2.32. The van der Waals surface area contributed by atoms with Crippen molar-refractivity contribution in [2.75, 3.05) is 12.4 Å². The van der Waals surface area contributed by atoms with Crippen LogP contribution in [0.15, 0.2) is 28.8 Å². The third kappa shape index (κ3) is 3.78. The van der Waals surface area contributed by atoms with E-state index in [2.05, 4.69) is 10.5 Å². The summed E-state index contributed by atoms with van der Waals surface area (Å²) in [5.74, 6) is 1.86. The average Bonchev–Trinajstić information content (AvgIpc) is 2.90. The summed E-state index contributed by atoms with van der Waals surface area (Å²) >= 11 is 0. The molecule has 1 heterocycles. The predicted octanol–water partition coefficient (Wildman–Crippen LogP) is 3.10. The van der Waals surface area contributed by atoms with Crippen LogP contribution in [0.4, 0.5) is 5.82 Å². The van der Waals surface area contributed by atoms with Crippen molar-refractivity contribution in [3.05, 3.63) is 35.6 Å². The van der Waals surface area contributed by atoms with Gasteiger partial charge in [0.25, 0.3) is 5.91 Å². The van der Waals surface area contributed by atoms with Gasteiger partial charge >= 0.3 is 0 Å². The molecule has 0 spiro atoms. The van der Waals surface area contributed by atoms with Crippen molar-refractivity contribution in [2.24, 2.45) is 0 Å². The molecule has 6 nitrogen and oxygen atoms in total. The van der Waals surface area contributed by atoms with Crippen LogP contribution in [0, 0.1) is 13.8 Å². The average molecular weight is 304 g/mol. The van der Waals surface area contributed by atoms with Crippen LogP contribution in [0.1, 0.15) is 24.7 Å². The molecule has 118 valence electrons. The first-order valence-corrected chi connectivity index (χ1v) is 7.09. The molecule has 1 aromatic carbocycles. The molecule has 1 atom stereocenters. The minimum atomic E-state index is -0.645. The maximum Gasteiger partial charge on any atom is 0.266 e. The van der Waals surface area contributed by atoms with Gasteiger partial charge in [0.1, 0.15) is 5.76 Å². The van der Waals surface area contributed by atoms with E-state index in [0.717, 1.165) is 5.56 Å². The Labute approximate surface area is 129 Å². The van der Waals surface area contributed by atoms with Crippen molar-refractivity contribution < 1.29 is 18.8 Å². The number of carbonyl (C=O) groups excluding carboxylic acids is 1. The zero-order valence-corrected chi connectivity index (χ0v) is 13.2. The molecule has 2 rings (SSSR count). The molecule has 1 amide bonds. The molecule has 2 aromatic rings. The number of hydrogen-bond acceptors (Lipinski definition) is 5. The van der Waals surface area contributed by atoms with Crippen molar-refractivity contribution in [3.8, 4) is 11.5 Å². The number of benzene rings is 1. The number of anilines is 1. The Morgan fingerprint density at radius 3 is 2.68 bits per heavy atom. The zero-order valence-electron chi connectivity index (χ0n) is 13.2. The summed E-state index contributed by atoms with van der Waals surface area (Å²) in [5.41, 5.74) is 1.06. The summed E-state index contributed by atoms with van der Waals surface area (Å²) in [7, 11) is 1.57. The molecule has 1 N–H and O–H groups in total. The first-order chi connectivity index (χ1) is 10.5. The van der Waals surface area contributed by atoms with E-state index in [1.807, 2.05) is 26.0 Å². The van der Waals surface area contributed by atoms with Gasteiger partial charge in [0.15, 0.2) is 23.4 Å². The molecular formula is C16H20N2O4. The van der Waals surface area contributed by atoms with Crippen molar-refractivity contribution in [2.45, 2.75) is 33.3 Å². The molecule has 0 unspecified atom stereocenters. The lowest BCUT2D eigenvalue weighted by molar-refractivity contribution is -0.122. The Morgan fingerprint density at radius 1 is 1.32 bits per heavy atom. The van der Waals surface area contributed by atoms with Crippen LogP contribution in [0.3, 0.4) is 0 Å². The summed E-state index contributed by atoms with van der Waals surface area (Å²) < 4.78 is 16.0. The van der Waals surface area contributed by atoms with E-state index in [1.165, 1.54) is 0 Å². The minimum absolute atomic E-state index is 0.279. The van der Waals surface area contributed by atoms with Gasteiger partial charge in [-0.05, 0) is 38.0 Å². The van der Waals surface area contributed by atoms with Crippen LogP contribution in [0.25, 0.3) is 0 Å². The molecule has 0 aliphatic carbocycles. The van der Waals surface area contributed by atoms with Crippen LogP contribution in [0.5, 0.6) is 11.5 Å². The number of amides is 1. The van der Waals surface area contributed by atoms with Gasteiger partial charge in [0.2, 0.25) is 0 Å². The van der Waals surface area contributed by atoms with Crippen LogP contribution in [-0.2, 0) is 4.79 Å². The van der Waals surface area contributed by atoms with Crippen molar-refractivity contribution in [1.29, 1.82) is 0 Å². The van der Waals surface area contributed by atoms with E-state index >= 15 is 0 Å². The van der Waals surface area contributed by atoms with Gasteiger partial charge in [0, 0.05) is 6.07 Å². The van der Waals surface area contributed by atoms with E-state index in [1.54, 1.807) is 26.2 Å². The number of nitrogens with one attached hydrogen (secondary N) is 1. The van der Waals surface area contributed by atoms with E-state index < -0.39 is 6.10 Å². The lowest BCUT2D eigenvalue weighted by Gasteiger charge is -2.18. The summed E-state index contributed by atoms with van der Waals surface area (Å²) in [5, 5.41) is 6.41. The summed E-state index contributed by atoms with van der Waals surface area (Å²) in [6.45, 7) is 5.59. The van der Waals surface area contributed by atoms with Gasteiger partial charge in [-0.25, -0.2) is 0 Å². The molecule has 0 radical (unpaired) electrons. The first kappa shape index (κ1) is 15.9. The maximum absolute atomic E-state index is 12.3. The Bertz CT molecular complexity index is 651. The smallest absolute Gasteiger partial charge is 0.266 e. The molecule has 0 bridgehead atoms. The van der Waals surface area contributed by atoms with Gasteiger partial charge in [-0.1, -0.05) is 18.1 Å². The predicted molar refractivity (Wildman–Crippen MR) is 82.3 cm³/mol. The standard InChI is InChI=1S/C16H20N2O4/c1-5-12(16(19)17-15-9-11(3)22-18-15)21-13-7-6-10(2)8-14(13)20-4/h6-9,12H,5H2,1-4H3,(H,17,18,19)/t12-/m0/s1. The quantitative estimate of drug-likeness (QED) is 0.887. The zero-order chi connectivity index (χ0) is 16.1. The molecule has 1 aromatic heterocycles. The largest absolute Gasteiger partial charge is 0.493 e. The van der Waals surface area contributed by atoms with Crippen molar-refractivity contribution >= 4 is 11.7 Å². The third-order valence-electron chi connectivity index (χ3n) is 3.13. The summed E-state index contributed by atoms with van der Waals surface area (Å²) in [6.07, 6.45) is -0.131. The molecular weight excluding hydrogens is 284 g/mol. The Morgan fingerprint density at radius 2 is 2.09 bits per heavy atom. The number of methoxy groups -OCH3 is 1. The van der Waals surface area contributed by atoms with Gasteiger partial charge in [-0.2, -0.15) is 0 Å². The Hall–Kier alpha value is -2.50. The number of rotatable bonds is 6. The molecule has 0 saturated heterocycles. The monoisotopic (exact) mass is 304 g/mol. The van der Waals surface area contributed by atoms with Crippen molar-refractivity contribution in [3.63, 3.8) is 0 Å². The van der Waals surface area contributed by atoms with E-state index in [0.29, 0.717) is 29.5 Å². The molecule has 6 heteroatoms. The van der Waals surface area contributed by atoms with Crippen LogP contribution in [-0.4, -0.2) is 24.3 Å². The molecule has 0 aliphatic heterocycles. The Balaban J connectivity index is 2.10. The molecule has 0 aliphatic rings. The van der Waals surface area contributed by atoms with E-state index in [4.69, 9.17) is 14.0 Å². The normalized spacial score (nSPS) is 11.8. The van der Waals surface area contributed by atoms with Gasteiger partial charge in [-0.3, -0.25) is 4.79 Å². The molecule has 22 heavy (non-hydrogen) atoms. The maximum atomic E-state index is 12.3. The number of hydrogen-bond donors (Lipinski definition) is 1.